The first kappa shape index (κ1) is 14.6. The molecule has 2 rings (SSSR count). The van der Waals surface area contributed by atoms with Gasteiger partial charge in [-0.15, -0.1) is 0 Å². The lowest BCUT2D eigenvalue weighted by molar-refractivity contribution is 0.318. The van der Waals surface area contributed by atoms with E-state index in [2.05, 4.69) is 22.0 Å². The summed E-state index contributed by atoms with van der Waals surface area (Å²) < 4.78 is 0. The number of nitrogens with zero attached hydrogens (tertiary/aromatic N) is 3. The second-order valence-corrected chi connectivity index (χ2v) is 5.53. The number of nitrogens with two attached hydrogens (primary N) is 1. The van der Waals surface area contributed by atoms with Crippen molar-refractivity contribution >= 4 is 11.7 Å². The molecule has 1 atom stereocenters. The van der Waals surface area contributed by atoms with Crippen molar-refractivity contribution in [1.82, 2.24) is 4.98 Å². The van der Waals surface area contributed by atoms with Crippen molar-refractivity contribution in [2.45, 2.75) is 39.5 Å². The van der Waals surface area contributed by atoms with E-state index in [0.29, 0.717) is 0 Å². The molecule has 110 valence electrons. The molecule has 1 aromatic rings. The molecule has 1 fully saturated rings. The Hall–Kier alpha value is -1.78. The fourth-order valence-corrected chi connectivity index (χ4v) is 2.82. The predicted octanol–water partition coefficient (Wildman–Crippen LogP) is 2.50. The first-order valence-corrected chi connectivity index (χ1v) is 7.35. The molecule has 0 radical (unpaired) electrons. The minimum Gasteiger partial charge on any atom is -0.409 e. The lowest BCUT2D eigenvalue weighted by Gasteiger charge is -2.22. The van der Waals surface area contributed by atoms with Crippen molar-refractivity contribution in [3.8, 4) is 0 Å². The average Bonchev–Trinajstić information content (AvgIpc) is 2.71. The highest BCUT2D eigenvalue weighted by atomic mass is 16.4. The second kappa shape index (κ2) is 6.59. The van der Waals surface area contributed by atoms with Crippen molar-refractivity contribution in [2.75, 3.05) is 18.0 Å². The number of oxime groups is 1. The minimum absolute atomic E-state index is 0.137. The molecule has 2 heterocycles. The number of aryl methyl sites for hydroxylation is 1. The average molecular weight is 276 g/mol. The molecule has 0 spiro atoms. The number of anilines is 1. The monoisotopic (exact) mass is 276 g/mol. The van der Waals surface area contributed by atoms with E-state index in [9.17, 15) is 0 Å². The van der Waals surface area contributed by atoms with E-state index < -0.39 is 0 Å². The van der Waals surface area contributed by atoms with Gasteiger partial charge in [-0.1, -0.05) is 18.5 Å². The summed E-state index contributed by atoms with van der Waals surface area (Å²) in [4.78, 5) is 6.92. The van der Waals surface area contributed by atoms with Gasteiger partial charge in [0.25, 0.3) is 0 Å². The van der Waals surface area contributed by atoms with Crippen LogP contribution in [0.5, 0.6) is 0 Å². The SMILES string of the molecule is CCC1CCCN(c2cc(/C(N)=N/O)cc(C)n2)CC1. The van der Waals surface area contributed by atoms with Crippen LogP contribution in [0.2, 0.25) is 0 Å². The Bertz CT molecular complexity index is 487. The van der Waals surface area contributed by atoms with E-state index in [1.165, 1.54) is 25.7 Å². The van der Waals surface area contributed by atoms with Crippen molar-refractivity contribution < 1.29 is 5.21 Å². The fourth-order valence-electron chi connectivity index (χ4n) is 2.82. The van der Waals surface area contributed by atoms with Gasteiger partial charge in [0.2, 0.25) is 0 Å². The third kappa shape index (κ3) is 3.40. The second-order valence-electron chi connectivity index (χ2n) is 5.53. The highest BCUT2D eigenvalue weighted by Crippen LogP contribution is 2.24. The normalized spacial score (nSPS) is 20.8. The largest absolute Gasteiger partial charge is 0.409 e. The van der Waals surface area contributed by atoms with E-state index in [4.69, 9.17) is 10.9 Å². The molecule has 1 aliphatic rings. The van der Waals surface area contributed by atoms with Crippen LogP contribution in [-0.2, 0) is 0 Å². The van der Waals surface area contributed by atoms with E-state index in [-0.39, 0.29) is 5.84 Å². The molecule has 0 aromatic carbocycles. The van der Waals surface area contributed by atoms with E-state index in [1.54, 1.807) is 0 Å². The minimum atomic E-state index is 0.137. The molecule has 0 aliphatic carbocycles. The van der Waals surface area contributed by atoms with Gasteiger partial charge in [0.15, 0.2) is 5.84 Å². The van der Waals surface area contributed by atoms with Gasteiger partial charge in [0, 0.05) is 24.3 Å². The smallest absolute Gasteiger partial charge is 0.170 e. The van der Waals surface area contributed by atoms with Gasteiger partial charge in [-0.3, -0.25) is 0 Å². The van der Waals surface area contributed by atoms with Crippen LogP contribution in [-0.4, -0.2) is 29.1 Å². The van der Waals surface area contributed by atoms with Crippen molar-refractivity contribution in [3.63, 3.8) is 0 Å². The first-order chi connectivity index (χ1) is 9.63. The molecule has 0 saturated carbocycles. The van der Waals surface area contributed by atoms with Gasteiger partial charge in [0.05, 0.1) is 0 Å². The molecule has 0 amide bonds. The Morgan fingerprint density at radius 2 is 2.25 bits per heavy atom. The van der Waals surface area contributed by atoms with Gasteiger partial charge in [0.1, 0.15) is 5.82 Å². The maximum atomic E-state index is 8.82. The number of hydrogen-bond donors (Lipinski definition) is 2. The quantitative estimate of drug-likeness (QED) is 0.385. The van der Waals surface area contributed by atoms with Crippen molar-refractivity contribution in [3.05, 3.63) is 23.4 Å². The van der Waals surface area contributed by atoms with Crippen LogP contribution >= 0.6 is 0 Å². The number of rotatable bonds is 3. The molecule has 5 nitrogen and oxygen atoms in total. The van der Waals surface area contributed by atoms with Crippen LogP contribution in [0.15, 0.2) is 17.3 Å². The lowest BCUT2D eigenvalue weighted by Crippen LogP contribution is -2.26. The molecule has 20 heavy (non-hydrogen) atoms. The van der Waals surface area contributed by atoms with E-state index in [1.807, 2.05) is 19.1 Å². The fraction of sp³-hybridized carbons (Fsp3) is 0.600. The summed E-state index contributed by atoms with van der Waals surface area (Å²) in [5.41, 5.74) is 7.31. The molecule has 0 bridgehead atoms. The number of aromatic nitrogens is 1. The summed E-state index contributed by atoms with van der Waals surface area (Å²) in [6.45, 7) is 6.26. The summed E-state index contributed by atoms with van der Waals surface area (Å²) in [6, 6.07) is 3.75. The molecule has 3 N–H and O–H groups in total. The Labute approximate surface area is 120 Å². The van der Waals surface area contributed by atoms with Crippen molar-refractivity contribution in [1.29, 1.82) is 0 Å². The number of amidine groups is 1. The zero-order valence-corrected chi connectivity index (χ0v) is 12.3. The van der Waals surface area contributed by atoms with Gasteiger partial charge >= 0.3 is 0 Å². The Morgan fingerprint density at radius 3 is 2.95 bits per heavy atom. The summed E-state index contributed by atoms with van der Waals surface area (Å²) in [6.07, 6.45) is 4.97. The molecular weight excluding hydrogens is 252 g/mol. The maximum Gasteiger partial charge on any atom is 0.170 e. The Kier molecular flexibility index (Phi) is 4.82. The third-order valence-corrected chi connectivity index (χ3v) is 4.09. The molecule has 5 heteroatoms. The maximum absolute atomic E-state index is 8.82. The number of pyridine rings is 1. The summed E-state index contributed by atoms with van der Waals surface area (Å²) in [5.74, 6) is 1.90. The Morgan fingerprint density at radius 1 is 1.45 bits per heavy atom. The van der Waals surface area contributed by atoms with E-state index in [0.717, 1.165) is 36.1 Å². The predicted molar refractivity (Wildman–Crippen MR) is 81.3 cm³/mol. The summed E-state index contributed by atoms with van der Waals surface area (Å²) in [5, 5.41) is 11.9. The highest BCUT2D eigenvalue weighted by molar-refractivity contribution is 5.97. The van der Waals surface area contributed by atoms with Crippen LogP contribution in [0.1, 0.15) is 43.9 Å². The molecule has 1 aromatic heterocycles. The van der Waals surface area contributed by atoms with Crippen LogP contribution in [0.25, 0.3) is 0 Å². The first-order valence-electron chi connectivity index (χ1n) is 7.35. The zero-order chi connectivity index (χ0) is 14.5. The van der Waals surface area contributed by atoms with Crippen LogP contribution in [0, 0.1) is 12.8 Å². The van der Waals surface area contributed by atoms with Gasteiger partial charge < -0.3 is 15.8 Å². The highest BCUT2D eigenvalue weighted by Gasteiger charge is 2.17. The van der Waals surface area contributed by atoms with Crippen molar-refractivity contribution in [2.24, 2.45) is 16.8 Å². The van der Waals surface area contributed by atoms with Crippen LogP contribution in [0.4, 0.5) is 5.82 Å². The Balaban J connectivity index is 2.21. The number of hydrogen-bond acceptors (Lipinski definition) is 4. The van der Waals surface area contributed by atoms with Crippen LogP contribution < -0.4 is 10.6 Å². The van der Waals surface area contributed by atoms with Gasteiger partial charge in [-0.25, -0.2) is 4.98 Å². The topological polar surface area (TPSA) is 74.7 Å². The zero-order valence-electron chi connectivity index (χ0n) is 12.3. The summed E-state index contributed by atoms with van der Waals surface area (Å²) in [7, 11) is 0. The van der Waals surface area contributed by atoms with Gasteiger partial charge in [-0.2, -0.15) is 0 Å². The molecule has 1 aliphatic heterocycles. The molecule has 1 saturated heterocycles. The van der Waals surface area contributed by atoms with Gasteiger partial charge in [-0.05, 0) is 44.2 Å². The lowest BCUT2D eigenvalue weighted by atomic mass is 9.98. The van der Waals surface area contributed by atoms with E-state index >= 15 is 0 Å². The third-order valence-electron chi connectivity index (χ3n) is 4.09. The summed E-state index contributed by atoms with van der Waals surface area (Å²) >= 11 is 0. The van der Waals surface area contributed by atoms with Crippen LogP contribution in [0.3, 0.4) is 0 Å². The molecular formula is C15H24N4O. The standard InChI is InChI=1S/C15H24N4O/c1-3-12-5-4-7-19(8-6-12)14-10-13(15(16)18-20)9-11(2)17-14/h9-10,12,20H,3-8H2,1-2H3,(H2,16,18). The molecule has 1 unspecified atom stereocenters.